The van der Waals surface area contributed by atoms with Crippen molar-refractivity contribution in [1.82, 2.24) is 15.3 Å². The van der Waals surface area contributed by atoms with Crippen molar-refractivity contribution in [2.24, 2.45) is 0 Å². The lowest BCUT2D eigenvalue weighted by Gasteiger charge is -2.17. The average Bonchev–Trinajstić information content (AvgIpc) is 2.34. The van der Waals surface area contributed by atoms with E-state index < -0.39 is 0 Å². The molecule has 0 aliphatic heterocycles. The molecular weight excluding hydrogens is 228 g/mol. The van der Waals surface area contributed by atoms with Crippen molar-refractivity contribution in [2.45, 2.75) is 45.9 Å². The van der Waals surface area contributed by atoms with Gasteiger partial charge >= 0.3 is 0 Å². The molecule has 0 radical (unpaired) electrons. The van der Waals surface area contributed by atoms with E-state index in [4.69, 9.17) is 0 Å². The Balaban J connectivity index is 2.48. The number of aliphatic hydroxyl groups is 1. The molecule has 18 heavy (non-hydrogen) atoms. The van der Waals surface area contributed by atoms with E-state index in [0.29, 0.717) is 12.0 Å². The normalized spacial score (nSPS) is 12.8. The molecule has 102 valence electrons. The third-order valence-corrected chi connectivity index (χ3v) is 2.63. The molecule has 0 fully saturated rings. The van der Waals surface area contributed by atoms with Crippen molar-refractivity contribution in [2.75, 3.05) is 18.5 Å². The van der Waals surface area contributed by atoms with Gasteiger partial charge in [0, 0.05) is 44.1 Å². The van der Waals surface area contributed by atoms with Crippen LogP contribution >= 0.6 is 0 Å². The van der Waals surface area contributed by atoms with E-state index in [1.165, 1.54) is 0 Å². The van der Waals surface area contributed by atoms with Gasteiger partial charge in [-0.2, -0.15) is 0 Å². The molecule has 1 atom stereocenters. The third kappa shape index (κ3) is 5.42. The van der Waals surface area contributed by atoms with Gasteiger partial charge in [0.2, 0.25) is 5.95 Å². The number of nitrogens with one attached hydrogen (secondary N) is 1. The predicted octanol–water partition coefficient (Wildman–Crippen LogP) is 1.18. The molecule has 0 saturated carbocycles. The van der Waals surface area contributed by atoms with Crippen molar-refractivity contribution >= 4 is 5.95 Å². The Hall–Kier alpha value is -1.20. The lowest BCUT2D eigenvalue weighted by Crippen LogP contribution is -2.24. The zero-order valence-corrected chi connectivity index (χ0v) is 11.7. The van der Waals surface area contributed by atoms with Gasteiger partial charge < -0.3 is 15.3 Å². The van der Waals surface area contributed by atoms with Gasteiger partial charge in [-0.25, -0.2) is 9.97 Å². The first-order valence-electron chi connectivity index (χ1n) is 6.42. The van der Waals surface area contributed by atoms with Crippen molar-refractivity contribution < 1.29 is 5.11 Å². The Labute approximate surface area is 109 Å². The quantitative estimate of drug-likeness (QED) is 0.763. The van der Waals surface area contributed by atoms with Crippen LogP contribution in [0.5, 0.6) is 0 Å². The summed E-state index contributed by atoms with van der Waals surface area (Å²) in [4.78, 5) is 10.6. The van der Waals surface area contributed by atoms with Gasteiger partial charge in [-0.1, -0.05) is 13.8 Å². The highest BCUT2D eigenvalue weighted by atomic mass is 16.3. The highest BCUT2D eigenvalue weighted by Crippen LogP contribution is 2.06. The van der Waals surface area contributed by atoms with Crippen LogP contribution in [0.25, 0.3) is 0 Å². The molecule has 0 amide bonds. The van der Waals surface area contributed by atoms with Crippen LogP contribution in [0.2, 0.25) is 0 Å². The Morgan fingerprint density at radius 1 is 1.28 bits per heavy atom. The molecule has 0 bridgehead atoms. The molecule has 0 saturated heterocycles. The average molecular weight is 252 g/mol. The van der Waals surface area contributed by atoms with Crippen LogP contribution in [-0.4, -0.2) is 40.8 Å². The molecule has 2 N–H and O–H groups in total. The van der Waals surface area contributed by atoms with Crippen molar-refractivity contribution in [1.29, 1.82) is 0 Å². The van der Waals surface area contributed by atoms with E-state index in [9.17, 15) is 5.11 Å². The summed E-state index contributed by atoms with van der Waals surface area (Å²) in [7, 11) is 1.93. The minimum atomic E-state index is -0.290. The Bertz CT molecular complexity index is 337. The molecule has 1 aromatic rings. The van der Waals surface area contributed by atoms with Gasteiger partial charge in [-0.05, 0) is 13.3 Å². The fourth-order valence-electron chi connectivity index (χ4n) is 1.44. The summed E-state index contributed by atoms with van der Waals surface area (Å²) in [6, 6.07) is 0.457. The molecule has 1 aromatic heterocycles. The van der Waals surface area contributed by atoms with Crippen LogP contribution in [0.1, 0.15) is 32.8 Å². The van der Waals surface area contributed by atoms with Crippen molar-refractivity contribution in [3.8, 4) is 0 Å². The number of aromatic nitrogens is 2. The maximum Gasteiger partial charge on any atom is 0.224 e. The second-order valence-electron chi connectivity index (χ2n) is 4.99. The van der Waals surface area contributed by atoms with E-state index in [1.54, 1.807) is 6.92 Å². The topological polar surface area (TPSA) is 61.3 Å². The predicted molar refractivity (Wildman–Crippen MR) is 73.6 cm³/mol. The molecule has 0 spiro atoms. The highest BCUT2D eigenvalue weighted by Gasteiger charge is 2.06. The number of aliphatic hydroxyl groups excluding tert-OH is 1. The molecule has 0 aromatic carbocycles. The Morgan fingerprint density at radius 2 is 1.89 bits per heavy atom. The van der Waals surface area contributed by atoms with E-state index >= 15 is 0 Å². The van der Waals surface area contributed by atoms with Gasteiger partial charge in [0.1, 0.15) is 0 Å². The van der Waals surface area contributed by atoms with Gasteiger partial charge in [-0.15, -0.1) is 0 Å². The molecule has 0 aliphatic carbocycles. The number of nitrogens with zero attached hydrogens (tertiary/aromatic N) is 3. The summed E-state index contributed by atoms with van der Waals surface area (Å²) in [5.41, 5.74) is 1.08. The number of hydrogen-bond acceptors (Lipinski definition) is 5. The lowest BCUT2D eigenvalue weighted by molar-refractivity contribution is 0.186. The molecule has 1 unspecified atom stereocenters. The summed E-state index contributed by atoms with van der Waals surface area (Å²) in [6.45, 7) is 7.55. The van der Waals surface area contributed by atoms with Crippen LogP contribution in [0.15, 0.2) is 12.4 Å². The standard InChI is InChI=1S/C13H24N4O/c1-10(2)14-7-12-8-15-13(16-9-12)17(4)6-5-11(3)18/h8-11,14,18H,5-7H2,1-4H3. The summed E-state index contributed by atoms with van der Waals surface area (Å²) in [6.07, 6.45) is 4.12. The molecule has 0 aliphatic rings. The van der Waals surface area contributed by atoms with E-state index in [-0.39, 0.29) is 6.10 Å². The maximum absolute atomic E-state index is 9.24. The van der Waals surface area contributed by atoms with Gasteiger partial charge in [0.15, 0.2) is 0 Å². The van der Waals surface area contributed by atoms with E-state index in [1.807, 2.05) is 24.3 Å². The summed E-state index contributed by atoms with van der Waals surface area (Å²) in [5.74, 6) is 0.698. The fraction of sp³-hybridized carbons (Fsp3) is 0.692. The molecular formula is C13H24N4O. The SMILES string of the molecule is CC(O)CCN(C)c1ncc(CNC(C)C)cn1. The van der Waals surface area contributed by atoms with E-state index in [2.05, 4.69) is 29.1 Å². The largest absolute Gasteiger partial charge is 0.393 e. The number of anilines is 1. The smallest absolute Gasteiger partial charge is 0.224 e. The Morgan fingerprint density at radius 3 is 2.39 bits per heavy atom. The first-order chi connectivity index (χ1) is 8.49. The summed E-state index contributed by atoms with van der Waals surface area (Å²) >= 11 is 0. The van der Waals surface area contributed by atoms with Crippen LogP contribution in [0.4, 0.5) is 5.95 Å². The fourth-order valence-corrected chi connectivity index (χ4v) is 1.44. The van der Waals surface area contributed by atoms with Gasteiger partial charge in [0.05, 0.1) is 6.10 Å². The zero-order chi connectivity index (χ0) is 13.5. The van der Waals surface area contributed by atoms with Crippen LogP contribution in [0.3, 0.4) is 0 Å². The van der Waals surface area contributed by atoms with Crippen molar-refractivity contribution in [3.63, 3.8) is 0 Å². The monoisotopic (exact) mass is 252 g/mol. The molecule has 5 heteroatoms. The highest BCUT2D eigenvalue weighted by molar-refractivity contribution is 5.28. The Kier molecular flexibility index (Phi) is 6.01. The van der Waals surface area contributed by atoms with Crippen LogP contribution in [0, 0.1) is 0 Å². The minimum Gasteiger partial charge on any atom is -0.393 e. The number of hydrogen-bond donors (Lipinski definition) is 2. The lowest BCUT2D eigenvalue weighted by atomic mass is 10.3. The molecule has 5 nitrogen and oxygen atoms in total. The molecule has 1 rings (SSSR count). The molecule has 1 heterocycles. The zero-order valence-electron chi connectivity index (χ0n) is 11.7. The summed E-state index contributed by atoms with van der Waals surface area (Å²) in [5, 5.41) is 12.6. The number of rotatable bonds is 7. The minimum absolute atomic E-state index is 0.290. The summed E-state index contributed by atoms with van der Waals surface area (Å²) < 4.78 is 0. The van der Waals surface area contributed by atoms with Gasteiger partial charge in [-0.3, -0.25) is 0 Å². The second-order valence-corrected chi connectivity index (χ2v) is 4.99. The first-order valence-corrected chi connectivity index (χ1v) is 6.42. The first kappa shape index (κ1) is 14.9. The van der Waals surface area contributed by atoms with Crippen molar-refractivity contribution in [3.05, 3.63) is 18.0 Å². The van der Waals surface area contributed by atoms with E-state index in [0.717, 1.165) is 25.1 Å². The van der Waals surface area contributed by atoms with Crippen LogP contribution < -0.4 is 10.2 Å². The van der Waals surface area contributed by atoms with Gasteiger partial charge in [0.25, 0.3) is 0 Å². The third-order valence-electron chi connectivity index (χ3n) is 2.63. The second kappa shape index (κ2) is 7.28. The van der Waals surface area contributed by atoms with Crippen LogP contribution in [-0.2, 0) is 6.54 Å². The maximum atomic E-state index is 9.24.